The number of sulfone groups is 1. The van der Waals surface area contributed by atoms with Crippen molar-refractivity contribution in [3.8, 4) is 11.3 Å². The number of hydrogen-bond acceptors (Lipinski definition) is 4. The van der Waals surface area contributed by atoms with Gasteiger partial charge in [0.1, 0.15) is 11.5 Å². The summed E-state index contributed by atoms with van der Waals surface area (Å²) in [7, 11) is -3.22. The van der Waals surface area contributed by atoms with E-state index in [4.69, 9.17) is 4.42 Å². The van der Waals surface area contributed by atoms with Gasteiger partial charge in [-0.3, -0.25) is 4.79 Å². The van der Waals surface area contributed by atoms with Crippen LogP contribution in [0.4, 0.5) is 0 Å². The van der Waals surface area contributed by atoms with Crippen LogP contribution < -0.4 is 5.32 Å². The maximum absolute atomic E-state index is 12.3. The Bertz CT molecular complexity index is 1040. The van der Waals surface area contributed by atoms with Gasteiger partial charge in [0.25, 0.3) is 0 Å². The number of aryl methyl sites for hydroxylation is 1. The summed E-state index contributed by atoms with van der Waals surface area (Å²) >= 11 is 0. The average Bonchev–Trinajstić information content (AvgIpc) is 3.15. The second-order valence-corrected chi connectivity index (χ2v) is 8.78. The lowest BCUT2D eigenvalue weighted by Gasteiger charge is -2.14. The van der Waals surface area contributed by atoms with Crippen LogP contribution in [-0.4, -0.2) is 20.6 Å². The predicted octanol–water partition coefficient (Wildman–Crippen LogP) is 4.16. The maximum Gasteiger partial charge on any atom is 0.220 e. The first kappa shape index (κ1) is 19.9. The van der Waals surface area contributed by atoms with E-state index in [-0.39, 0.29) is 16.8 Å². The van der Waals surface area contributed by atoms with Crippen LogP contribution >= 0.6 is 0 Å². The van der Waals surface area contributed by atoms with Crippen LogP contribution in [-0.2, 0) is 21.1 Å². The van der Waals surface area contributed by atoms with Gasteiger partial charge in [0.15, 0.2) is 9.84 Å². The number of nitrogens with one attached hydrogen (secondary N) is 1. The molecule has 146 valence electrons. The standard InChI is InChI=1S/C22H23NO4S/c1-16(17-8-12-20(13-9-17)28(2,25)26)23-22(24)15-11-19-10-14-21(27-19)18-6-4-3-5-7-18/h3-10,12-14,16H,11,15H2,1-2H3,(H,23,24)/t16-/m0/s1. The SMILES string of the molecule is C[C@H](NC(=O)CCc1ccc(-c2ccccc2)o1)c1ccc(S(C)(=O)=O)cc1. The summed E-state index contributed by atoms with van der Waals surface area (Å²) < 4.78 is 28.9. The van der Waals surface area contributed by atoms with Gasteiger partial charge in [-0.25, -0.2) is 8.42 Å². The lowest BCUT2D eigenvalue weighted by atomic mass is 10.1. The third-order valence-corrected chi connectivity index (χ3v) is 5.63. The van der Waals surface area contributed by atoms with E-state index in [0.29, 0.717) is 12.8 Å². The Morgan fingerprint density at radius 1 is 1.00 bits per heavy atom. The molecular weight excluding hydrogens is 374 g/mol. The normalized spacial score (nSPS) is 12.5. The molecule has 0 unspecified atom stereocenters. The highest BCUT2D eigenvalue weighted by atomic mass is 32.2. The first-order chi connectivity index (χ1) is 13.3. The molecule has 2 aromatic carbocycles. The fourth-order valence-corrected chi connectivity index (χ4v) is 3.54. The van der Waals surface area contributed by atoms with Crippen LogP contribution in [0.1, 0.15) is 30.7 Å². The second kappa shape index (κ2) is 8.44. The van der Waals surface area contributed by atoms with Gasteiger partial charge >= 0.3 is 0 Å². The molecule has 0 aliphatic carbocycles. The Labute approximate surface area is 165 Å². The summed E-state index contributed by atoms with van der Waals surface area (Å²) in [6, 6.07) is 20.0. The molecule has 1 aromatic heterocycles. The van der Waals surface area contributed by atoms with Crippen LogP contribution in [0.3, 0.4) is 0 Å². The van der Waals surface area contributed by atoms with Gasteiger partial charge in [-0.15, -0.1) is 0 Å². The van der Waals surface area contributed by atoms with Crippen molar-refractivity contribution in [2.45, 2.75) is 30.7 Å². The minimum atomic E-state index is -3.22. The molecule has 28 heavy (non-hydrogen) atoms. The second-order valence-electron chi connectivity index (χ2n) is 6.76. The van der Waals surface area contributed by atoms with Gasteiger partial charge in [-0.2, -0.15) is 0 Å². The van der Waals surface area contributed by atoms with Crippen molar-refractivity contribution in [2.75, 3.05) is 6.26 Å². The molecule has 5 nitrogen and oxygen atoms in total. The fourth-order valence-electron chi connectivity index (χ4n) is 2.91. The van der Waals surface area contributed by atoms with E-state index in [2.05, 4.69) is 5.32 Å². The average molecular weight is 397 g/mol. The van der Waals surface area contributed by atoms with E-state index >= 15 is 0 Å². The Hall–Kier alpha value is -2.86. The number of rotatable bonds is 7. The quantitative estimate of drug-likeness (QED) is 0.649. The van der Waals surface area contributed by atoms with Crippen molar-refractivity contribution in [3.05, 3.63) is 78.1 Å². The van der Waals surface area contributed by atoms with E-state index in [1.807, 2.05) is 49.4 Å². The van der Waals surface area contributed by atoms with Crippen molar-refractivity contribution in [2.24, 2.45) is 0 Å². The molecule has 1 N–H and O–H groups in total. The minimum absolute atomic E-state index is 0.0858. The van der Waals surface area contributed by atoms with Crippen LogP contribution in [0.15, 0.2) is 76.0 Å². The predicted molar refractivity (Wildman–Crippen MR) is 109 cm³/mol. The topological polar surface area (TPSA) is 76.4 Å². The maximum atomic E-state index is 12.3. The van der Waals surface area contributed by atoms with Crippen LogP contribution in [0.2, 0.25) is 0 Å². The Morgan fingerprint density at radius 2 is 1.68 bits per heavy atom. The van der Waals surface area contributed by atoms with Crippen LogP contribution in [0.25, 0.3) is 11.3 Å². The first-order valence-corrected chi connectivity index (χ1v) is 11.0. The zero-order valence-electron chi connectivity index (χ0n) is 15.9. The van der Waals surface area contributed by atoms with Gasteiger partial charge in [-0.05, 0) is 36.8 Å². The van der Waals surface area contributed by atoms with Crippen molar-refractivity contribution in [1.29, 1.82) is 0 Å². The largest absolute Gasteiger partial charge is 0.461 e. The monoisotopic (exact) mass is 397 g/mol. The highest BCUT2D eigenvalue weighted by Gasteiger charge is 2.13. The highest BCUT2D eigenvalue weighted by Crippen LogP contribution is 2.22. The molecule has 1 amide bonds. The van der Waals surface area contributed by atoms with E-state index < -0.39 is 9.84 Å². The molecule has 0 saturated heterocycles. The number of carbonyl (C=O) groups excluding carboxylic acids is 1. The highest BCUT2D eigenvalue weighted by molar-refractivity contribution is 7.90. The van der Waals surface area contributed by atoms with E-state index in [0.717, 1.165) is 22.6 Å². The molecule has 0 fully saturated rings. The molecule has 3 aromatic rings. The van der Waals surface area contributed by atoms with E-state index in [1.54, 1.807) is 24.3 Å². The summed E-state index contributed by atoms with van der Waals surface area (Å²) in [6.45, 7) is 1.87. The molecule has 0 aliphatic heterocycles. The van der Waals surface area contributed by atoms with Gasteiger partial charge in [-0.1, -0.05) is 42.5 Å². The molecule has 3 rings (SSSR count). The van der Waals surface area contributed by atoms with E-state index in [1.165, 1.54) is 6.26 Å². The third kappa shape index (κ3) is 5.10. The van der Waals surface area contributed by atoms with Gasteiger partial charge in [0.05, 0.1) is 10.9 Å². The van der Waals surface area contributed by atoms with Gasteiger partial charge in [0, 0.05) is 24.7 Å². The molecule has 0 saturated carbocycles. The number of benzene rings is 2. The number of carbonyl (C=O) groups is 1. The van der Waals surface area contributed by atoms with Crippen LogP contribution in [0, 0.1) is 0 Å². The summed E-state index contributed by atoms with van der Waals surface area (Å²) in [5.74, 6) is 1.46. The summed E-state index contributed by atoms with van der Waals surface area (Å²) in [5.41, 5.74) is 1.86. The lowest BCUT2D eigenvalue weighted by Crippen LogP contribution is -2.26. The zero-order chi connectivity index (χ0) is 20.1. The molecule has 1 heterocycles. The Morgan fingerprint density at radius 3 is 2.32 bits per heavy atom. The smallest absolute Gasteiger partial charge is 0.220 e. The molecule has 1 atom stereocenters. The lowest BCUT2D eigenvalue weighted by molar-refractivity contribution is -0.121. The van der Waals surface area contributed by atoms with Crippen LogP contribution in [0.5, 0.6) is 0 Å². The van der Waals surface area contributed by atoms with Crippen molar-refractivity contribution in [1.82, 2.24) is 5.32 Å². The molecule has 0 radical (unpaired) electrons. The van der Waals surface area contributed by atoms with Gasteiger partial charge < -0.3 is 9.73 Å². The summed E-state index contributed by atoms with van der Waals surface area (Å²) in [4.78, 5) is 12.5. The zero-order valence-corrected chi connectivity index (χ0v) is 16.7. The molecule has 0 aliphatic rings. The van der Waals surface area contributed by atoms with Crippen molar-refractivity contribution < 1.29 is 17.6 Å². The molecule has 0 bridgehead atoms. The molecule has 6 heteroatoms. The van der Waals surface area contributed by atoms with E-state index in [9.17, 15) is 13.2 Å². The third-order valence-electron chi connectivity index (χ3n) is 4.50. The Balaban J connectivity index is 1.54. The Kier molecular flexibility index (Phi) is 5.99. The summed E-state index contributed by atoms with van der Waals surface area (Å²) in [5, 5.41) is 2.93. The fraction of sp³-hybridized carbons (Fsp3) is 0.227. The van der Waals surface area contributed by atoms with Gasteiger partial charge in [0.2, 0.25) is 5.91 Å². The molecular formula is C22H23NO4S. The van der Waals surface area contributed by atoms with Crippen molar-refractivity contribution in [3.63, 3.8) is 0 Å². The number of amides is 1. The summed E-state index contributed by atoms with van der Waals surface area (Å²) in [6.07, 6.45) is 2.00. The number of furan rings is 1. The first-order valence-electron chi connectivity index (χ1n) is 9.06. The molecule has 0 spiro atoms. The van der Waals surface area contributed by atoms with Crippen molar-refractivity contribution >= 4 is 15.7 Å². The number of hydrogen-bond donors (Lipinski definition) is 1. The minimum Gasteiger partial charge on any atom is -0.461 e.